The summed E-state index contributed by atoms with van der Waals surface area (Å²) in [5, 5.41) is 3.83. The Hall–Kier alpha value is -3.61. The van der Waals surface area contributed by atoms with Crippen molar-refractivity contribution in [1.82, 2.24) is 19.5 Å². The largest absolute Gasteiger partial charge is 0.330 e. The van der Waals surface area contributed by atoms with E-state index in [2.05, 4.69) is 20.3 Å². The first-order valence-corrected chi connectivity index (χ1v) is 8.00. The Morgan fingerprint density at radius 2 is 1.89 bits per heavy atom. The number of nitrogens with zero attached hydrogens (tertiary/aromatic N) is 4. The van der Waals surface area contributed by atoms with Gasteiger partial charge >= 0.3 is 0 Å². The van der Waals surface area contributed by atoms with Crippen molar-refractivity contribution in [2.75, 3.05) is 5.32 Å². The molecule has 0 radical (unpaired) electrons. The molecule has 0 aliphatic heterocycles. The molecule has 0 bridgehead atoms. The van der Waals surface area contributed by atoms with E-state index in [9.17, 15) is 9.18 Å². The van der Waals surface area contributed by atoms with Gasteiger partial charge in [0.1, 0.15) is 17.5 Å². The van der Waals surface area contributed by atoms with Crippen molar-refractivity contribution in [2.45, 2.75) is 6.92 Å². The fraction of sp³-hybridized carbons (Fsp3) is 0.100. The number of hydrogen-bond donors (Lipinski definition) is 1. The van der Waals surface area contributed by atoms with Gasteiger partial charge in [0.05, 0.1) is 28.6 Å². The van der Waals surface area contributed by atoms with Gasteiger partial charge in [-0.15, -0.1) is 0 Å². The molecule has 27 heavy (non-hydrogen) atoms. The first-order valence-electron chi connectivity index (χ1n) is 10.0. The van der Waals surface area contributed by atoms with E-state index in [1.165, 1.54) is 6.20 Å². The minimum absolute atomic E-state index is 0.0997. The summed E-state index contributed by atoms with van der Waals surface area (Å²) < 4.78 is 46.8. The standard InChI is InChI=1S/C20H16FN5O/c1-12-22-11-18(26(12)2)17-7-13-8-19(24-10-14(13)9-23-17)25-20(27)15-5-3-4-6-16(15)21/h3-11H,1-2H3,(H,24,25,27)/i3D,4D,5D,6D. The highest BCUT2D eigenvalue weighted by Gasteiger charge is 2.13. The molecule has 0 aliphatic carbocycles. The maximum atomic E-state index is 14.4. The molecule has 4 aromatic rings. The van der Waals surface area contributed by atoms with E-state index in [4.69, 9.17) is 5.48 Å². The molecule has 3 aromatic heterocycles. The number of carbonyl (C=O) groups is 1. The Labute approximate surface area is 160 Å². The van der Waals surface area contributed by atoms with E-state index in [1.54, 1.807) is 24.5 Å². The zero-order chi connectivity index (χ0) is 22.4. The first-order chi connectivity index (χ1) is 14.7. The molecule has 0 aliphatic rings. The molecule has 0 spiro atoms. The summed E-state index contributed by atoms with van der Waals surface area (Å²) in [5.41, 5.74) is 0.708. The SMILES string of the molecule is [2H]c1c([2H])c([2H])c(C(=O)Nc2cc3cc(-c4cnc(C)n4C)ncc3cn2)c(F)c1[2H]. The second-order valence-corrected chi connectivity index (χ2v) is 5.88. The third kappa shape index (κ3) is 3.15. The van der Waals surface area contributed by atoms with Gasteiger partial charge in [0, 0.05) is 24.8 Å². The quantitative estimate of drug-likeness (QED) is 0.600. The Bertz CT molecular complexity index is 1340. The van der Waals surface area contributed by atoms with Gasteiger partial charge in [0.15, 0.2) is 0 Å². The second-order valence-electron chi connectivity index (χ2n) is 5.88. The second kappa shape index (κ2) is 6.60. The maximum absolute atomic E-state index is 14.4. The molecule has 3 heterocycles. The number of amides is 1. The molecule has 7 heteroatoms. The third-order valence-electron chi connectivity index (χ3n) is 4.20. The van der Waals surface area contributed by atoms with Gasteiger partial charge in [-0.25, -0.2) is 14.4 Å². The highest BCUT2D eigenvalue weighted by Crippen LogP contribution is 2.23. The van der Waals surface area contributed by atoms with Crippen LogP contribution in [0.5, 0.6) is 0 Å². The number of aromatic nitrogens is 4. The average Bonchev–Trinajstić information content (AvgIpc) is 3.09. The van der Waals surface area contributed by atoms with Crippen molar-refractivity contribution >= 4 is 22.5 Å². The minimum Gasteiger partial charge on any atom is -0.330 e. The van der Waals surface area contributed by atoms with Crippen LogP contribution in [-0.4, -0.2) is 25.4 Å². The van der Waals surface area contributed by atoms with E-state index in [-0.39, 0.29) is 5.82 Å². The summed E-state index contributed by atoms with van der Waals surface area (Å²) >= 11 is 0. The fourth-order valence-corrected chi connectivity index (χ4v) is 2.62. The van der Waals surface area contributed by atoms with Crippen LogP contribution in [0.4, 0.5) is 10.2 Å². The lowest BCUT2D eigenvalue weighted by atomic mass is 10.1. The zero-order valence-electron chi connectivity index (χ0n) is 18.5. The van der Waals surface area contributed by atoms with Crippen LogP contribution in [0.15, 0.2) is 54.9 Å². The van der Waals surface area contributed by atoms with Crippen LogP contribution in [0.25, 0.3) is 22.2 Å². The number of pyridine rings is 2. The Kier molecular flexibility index (Phi) is 3.10. The van der Waals surface area contributed by atoms with E-state index in [0.717, 1.165) is 11.5 Å². The van der Waals surface area contributed by atoms with Crippen molar-refractivity contribution in [2.24, 2.45) is 7.05 Å². The first kappa shape index (κ1) is 12.7. The number of fused-ring (bicyclic) bond motifs is 1. The molecule has 134 valence electrons. The molecule has 0 saturated carbocycles. The van der Waals surface area contributed by atoms with Gasteiger partial charge in [-0.3, -0.25) is 9.78 Å². The summed E-state index contributed by atoms with van der Waals surface area (Å²) in [6.45, 7) is 1.87. The van der Waals surface area contributed by atoms with Crippen LogP contribution in [0.3, 0.4) is 0 Å². The van der Waals surface area contributed by atoms with Gasteiger partial charge in [-0.1, -0.05) is 12.1 Å². The van der Waals surface area contributed by atoms with E-state index in [1.807, 2.05) is 18.5 Å². The van der Waals surface area contributed by atoms with Crippen molar-refractivity contribution in [1.29, 1.82) is 0 Å². The Balaban J connectivity index is 1.71. The van der Waals surface area contributed by atoms with Crippen molar-refractivity contribution in [3.8, 4) is 11.4 Å². The van der Waals surface area contributed by atoms with Crippen LogP contribution in [0.1, 0.15) is 21.7 Å². The molecule has 0 atom stereocenters. The minimum atomic E-state index is -1.32. The number of imidazole rings is 1. The molecule has 0 saturated heterocycles. The third-order valence-corrected chi connectivity index (χ3v) is 4.20. The zero-order valence-corrected chi connectivity index (χ0v) is 14.5. The van der Waals surface area contributed by atoms with Crippen molar-refractivity contribution in [3.63, 3.8) is 0 Å². The lowest BCUT2D eigenvalue weighted by Gasteiger charge is -2.08. The monoisotopic (exact) mass is 365 g/mol. The molecule has 1 N–H and O–H groups in total. The van der Waals surface area contributed by atoms with E-state index >= 15 is 0 Å². The van der Waals surface area contributed by atoms with Gasteiger partial charge in [0.25, 0.3) is 5.91 Å². The van der Waals surface area contributed by atoms with Crippen LogP contribution in [-0.2, 0) is 7.05 Å². The molecule has 0 fully saturated rings. The molecule has 6 nitrogen and oxygen atoms in total. The maximum Gasteiger partial charge on any atom is 0.259 e. The Morgan fingerprint density at radius 1 is 1.11 bits per heavy atom. The lowest BCUT2D eigenvalue weighted by molar-refractivity contribution is 0.102. The van der Waals surface area contributed by atoms with E-state index < -0.39 is 41.5 Å². The summed E-state index contributed by atoms with van der Waals surface area (Å²) in [5.74, 6) is -1.41. The average molecular weight is 365 g/mol. The number of benzene rings is 1. The topological polar surface area (TPSA) is 72.7 Å². The summed E-state index contributed by atoms with van der Waals surface area (Å²) in [6, 6.07) is 0.289. The van der Waals surface area contributed by atoms with Gasteiger partial charge < -0.3 is 9.88 Å². The summed E-state index contributed by atoms with van der Waals surface area (Å²) in [6.07, 6.45) is 4.84. The molecular weight excluding hydrogens is 345 g/mol. The highest BCUT2D eigenvalue weighted by molar-refractivity contribution is 6.04. The molecule has 1 aromatic carbocycles. The normalized spacial score (nSPS) is 13.0. The predicted octanol–water partition coefficient (Wildman–Crippen LogP) is 3.73. The highest BCUT2D eigenvalue weighted by atomic mass is 19.1. The molecule has 4 rings (SSSR count). The molecular formula is C20H16FN5O. The number of anilines is 1. The summed E-state index contributed by atoms with van der Waals surface area (Å²) in [4.78, 5) is 25.4. The number of halogens is 1. The molecule has 1 amide bonds. The predicted molar refractivity (Wildman–Crippen MR) is 101 cm³/mol. The number of aryl methyl sites for hydroxylation is 1. The van der Waals surface area contributed by atoms with Gasteiger partial charge in [-0.2, -0.15) is 0 Å². The Morgan fingerprint density at radius 3 is 2.67 bits per heavy atom. The van der Waals surface area contributed by atoms with Crippen molar-refractivity contribution < 1.29 is 14.7 Å². The number of nitrogens with one attached hydrogen (secondary N) is 1. The van der Waals surface area contributed by atoms with Crippen LogP contribution in [0.2, 0.25) is 0 Å². The lowest BCUT2D eigenvalue weighted by Crippen LogP contribution is -2.14. The van der Waals surface area contributed by atoms with Gasteiger partial charge in [-0.05, 0) is 36.5 Å². The molecule has 0 unspecified atom stereocenters. The number of hydrogen-bond acceptors (Lipinski definition) is 4. The van der Waals surface area contributed by atoms with Crippen LogP contribution >= 0.6 is 0 Å². The van der Waals surface area contributed by atoms with Crippen LogP contribution < -0.4 is 5.32 Å². The van der Waals surface area contributed by atoms with E-state index in [0.29, 0.717) is 16.5 Å². The smallest absolute Gasteiger partial charge is 0.259 e. The fourth-order valence-electron chi connectivity index (χ4n) is 2.62. The number of carbonyl (C=O) groups excluding carboxylic acids is 1. The van der Waals surface area contributed by atoms with Crippen molar-refractivity contribution in [3.05, 3.63) is 72.1 Å². The van der Waals surface area contributed by atoms with Gasteiger partial charge in [0.2, 0.25) is 0 Å². The number of rotatable bonds is 3. The van der Waals surface area contributed by atoms with Crippen LogP contribution in [0, 0.1) is 12.7 Å². The summed E-state index contributed by atoms with van der Waals surface area (Å²) in [7, 11) is 1.87.